The number of rotatable bonds is 3. The van der Waals surface area contributed by atoms with E-state index in [1.807, 2.05) is 6.07 Å². The van der Waals surface area contributed by atoms with Gasteiger partial charge in [0.05, 0.1) is 11.1 Å². The summed E-state index contributed by atoms with van der Waals surface area (Å²) < 4.78 is 47.5. The molecule has 14 heteroatoms. The number of carbonyl (C=O) groups excluding carboxylic acids is 2. The summed E-state index contributed by atoms with van der Waals surface area (Å²) in [6, 6.07) is 8.94. The summed E-state index contributed by atoms with van der Waals surface area (Å²) in [6.45, 7) is 8.30. The Hall–Kier alpha value is -3.09. The van der Waals surface area contributed by atoms with Gasteiger partial charge in [-0.05, 0) is 67.4 Å². The number of hydrogen-bond donors (Lipinski definition) is 4. The molecule has 44 heavy (non-hydrogen) atoms. The van der Waals surface area contributed by atoms with E-state index in [1.54, 1.807) is 29.2 Å². The third-order valence-electron chi connectivity index (χ3n) is 8.16. The lowest BCUT2D eigenvalue weighted by Gasteiger charge is -2.38. The summed E-state index contributed by atoms with van der Waals surface area (Å²) in [5.41, 5.74) is 0.223. The maximum atomic E-state index is 15.8. The summed E-state index contributed by atoms with van der Waals surface area (Å²) >= 11 is 12.5. The van der Waals surface area contributed by atoms with E-state index in [1.165, 1.54) is 6.07 Å². The second-order valence-corrected chi connectivity index (χ2v) is 13.3. The van der Waals surface area contributed by atoms with Crippen molar-refractivity contribution in [3.8, 4) is 0 Å². The molecule has 2 aromatic rings. The molecule has 1 spiro atoms. The first-order valence-corrected chi connectivity index (χ1v) is 14.9. The molecule has 5 rings (SSSR count). The number of nitrogens with zero attached hydrogens (tertiary/aromatic N) is 1. The SMILES string of the molecule is CC(C)(C)CC1CN(C(=O)NC2CCNCC2)C(c2cccc(Cl)c2F)C12C(=O)Nc1cc(Cl)ccc12.O=C(O)C(F)(F)F. The van der Waals surface area contributed by atoms with Crippen molar-refractivity contribution in [2.75, 3.05) is 25.0 Å². The van der Waals surface area contributed by atoms with Crippen LogP contribution in [0, 0.1) is 17.2 Å². The van der Waals surface area contributed by atoms with Crippen LogP contribution in [0.4, 0.5) is 28.0 Å². The van der Waals surface area contributed by atoms with Gasteiger partial charge in [0.25, 0.3) is 0 Å². The highest BCUT2D eigenvalue weighted by molar-refractivity contribution is 6.31. The number of carboxylic acids is 1. The van der Waals surface area contributed by atoms with Crippen LogP contribution in [-0.4, -0.2) is 59.8 Å². The smallest absolute Gasteiger partial charge is 0.475 e. The summed E-state index contributed by atoms with van der Waals surface area (Å²) in [5.74, 6) is -3.88. The second kappa shape index (κ2) is 12.7. The standard InChI is InChI=1S/C28H33Cl2FN4O2.C2HF3O2/c1-27(2,3)14-16-15-35(26(37)33-18-9-11-32-12-10-18)24(19-5-4-6-21(30)23(19)31)28(16)20-8-7-17(29)13-22(20)34-25(28)36;3-2(4,5)1(6)7/h4-8,13,16,18,24,32H,9-12,14-15H2,1-3H3,(H,33,37)(H,34,36);(H,6,7). The number of fused-ring (bicyclic) bond motifs is 2. The maximum Gasteiger partial charge on any atom is 0.490 e. The number of carbonyl (C=O) groups is 3. The van der Waals surface area contributed by atoms with Crippen molar-refractivity contribution in [2.24, 2.45) is 11.3 Å². The summed E-state index contributed by atoms with van der Waals surface area (Å²) in [4.78, 5) is 38.6. The minimum atomic E-state index is -5.08. The molecule has 3 aliphatic rings. The zero-order valence-electron chi connectivity index (χ0n) is 24.3. The van der Waals surface area contributed by atoms with Gasteiger partial charge in [-0.15, -0.1) is 0 Å². The number of carboxylic acid groups (broad SMARTS) is 1. The number of amides is 3. The van der Waals surface area contributed by atoms with Crippen molar-refractivity contribution in [1.29, 1.82) is 0 Å². The topological polar surface area (TPSA) is 111 Å². The predicted molar refractivity (Wildman–Crippen MR) is 158 cm³/mol. The molecule has 4 N–H and O–H groups in total. The molecule has 8 nitrogen and oxygen atoms in total. The van der Waals surface area contributed by atoms with E-state index in [0.29, 0.717) is 23.7 Å². The summed E-state index contributed by atoms with van der Waals surface area (Å²) in [7, 11) is 0. The van der Waals surface area contributed by atoms with E-state index in [9.17, 15) is 22.8 Å². The van der Waals surface area contributed by atoms with Gasteiger partial charge in [0.15, 0.2) is 0 Å². The molecule has 0 saturated carbocycles. The number of aliphatic carboxylic acids is 1. The van der Waals surface area contributed by atoms with Crippen LogP contribution in [0.15, 0.2) is 36.4 Å². The zero-order chi connectivity index (χ0) is 32.6. The third-order valence-corrected chi connectivity index (χ3v) is 8.69. The van der Waals surface area contributed by atoms with Gasteiger partial charge in [-0.1, -0.05) is 62.2 Å². The Morgan fingerprint density at radius 2 is 1.75 bits per heavy atom. The van der Waals surface area contributed by atoms with E-state index in [0.717, 1.165) is 31.5 Å². The molecular formula is C30H34Cl2F4N4O4. The van der Waals surface area contributed by atoms with Crippen LogP contribution in [0.1, 0.15) is 57.2 Å². The van der Waals surface area contributed by atoms with Gasteiger partial charge in [0.1, 0.15) is 11.2 Å². The van der Waals surface area contributed by atoms with Crippen molar-refractivity contribution >= 4 is 46.8 Å². The minimum Gasteiger partial charge on any atom is -0.475 e. The fourth-order valence-corrected chi connectivity index (χ4v) is 6.85. The molecule has 3 heterocycles. The Morgan fingerprint density at radius 3 is 2.34 bits per heavy atom. The van der Waals surface area contributed by atoms with Crippen LogP contribution in [0.3, 0.4) is 0 Å². The molecule has 2 fully saturated rings. The quantitative estimate of drug-likeness (QED) is 0.280. The fraction of sp³-hybridized carbons (Fsp3) is 0.500. The number of nitrogens with one attached hydrogen (secondary N) is 3. The molecule has 240 valence electrons. The monoisotopic (exact) mass is 660 g/mol. The predicted octanol–water partition coefficient (Wildman–Crippen LogP) is 6.53. The molecule has 2 saturated heterocycles. The van der Waals surface area contributed by atoms with Crippen LogP contribution in [0.5, 0.6) is 0 Å². The van der Waals surface area contributed by atoms with Gasteiger partial charge < -0.3 is 26.0 Å². The highest BCUT2D eigenvalue weighted by Crippen LogP contribution is 2.60. The van der Waals surface area contributed by atoms with Gasteiger partial charge in [-0.3, -0.25) is 4.79 Å². The normalized spacial score (nSPS) is 23.6. The molecule has 3 atom stereocenters. The molecule has 0 bridgehead atoms. The number of likely N-dealkylation sites (tertiary alicyclic amines) is 1. The Kier molecular flexibility index (Phi) is 9.77. The van der Waals surface area contributed by atoms with Gasteiger partial charge in [-0.2, -0.15) is 13.2 Å². The first kappa shape index (κ1) is 33.8. The van der Waals surface area contributed by atoms with Gasteiger partial charge in [-0.25, -0.2) is 14.0 Å². The van der Waals surface area contributed by atoms with Crippen molar-refractivity contribution in [2.45, 2.75) is 63.7 Å². The average molecular weight is 662 g/mol. The average Bonchev–Trinajstić information content (AvgIpc) is 3.39. The molecule has 3 unspecified atom stereocenters. The zero-order valence-corrected chi connectivity index (χ0v) is 25.8. The lowest BCUT2D eigenvalue weighted by atomic mass is 9.63. The Bertz CT molecular complexity index is 1430. The van der Waals surface area contributed by atoms with Crippen LogP contribution in [-0.2, 0) is 15.0 Å². The molecule has 0 radical (unpaired) electrons. The van der Waals surface area contributed by atoms with Crippen molar-refractivity contribution in [3.05, 3.63) is 63.4 Å². The molecule has 0 aromatic heterocycles. The van der Waals surface area contributed by atoms with Crippen molar-refractivity contribution < 1.29 is 37.1 Å². The number of halogens is 6. The van der Waals surface area contributed by atoms with Gasteiger partial charge in [0, 0.05) is 28.9 Å². The first-order valence-electron chi connectivity index (χ1n) is 14.1. The second-order valence-electron chi connectivity index (χ2n) is 12.4. The number of hydrogen-bond acceptors (Lipinski definition) is 4. The molecule has 2 aromatic carbocycles. The van der Waals surface area contributed by atoms with E-state index < -0.39 is 29.4 Å². The maximum absolute atomic E-state index is 15.8. The van der Waals surface area contributed by atoms with Crippen LogP contribution in [0.25, 0.3) is 0 Å². The highest BCUT2D eigenvalue weighted by atomic mass is 35.5. The molecule has 3 aliphatic heterocycles. The van der Waals surface area contributed by atoms with E-state index in [-0.39, 0.29) is 39.9 Å². The van der Waals surface area contributed by atoms with E-state index in [2.05, 4.69) is 36.7 Å². The van der Waals surface area contributed by atoms with Crippen LogP contribution < -0.4 is 16.0 Å². The number of benzene rings is 2. The Morgan fingerprint density at radius 1 is 1.11 bits per heavy atom. The highest BCUT2D eigenvalue weighted by Gasteiger charge is 2.65. The molecular weight excluding hydrogens is 627 g/mol. The minimum absolute atomic E-state index is 0.0136. The lowest BCUT2D eigenvalue weighted by molar-refractivity contribution is -0.192. The largest absolute Gasteiger partial charge is 0.490 e. The van der Waals surface area contributed by atoms with Crippen molar-refractivity contribution in [3.63, 3.8) is 0 Å². The molecule has 3 amide bonds. The van der Waals surface area contributed by atoms with Gasteiger partial charge in [0.2, 0.25) is 5.91 Å². The Balaban J connectivity index is 0.000000566. The number of urea groups is 1. The van der Waals surface area contributed by atoms with Crippen molar-refractivity contribution in [1.82, 2.24) is 15.5 Å². The van der Waals surface area contributed by atoms with E-state index in [4.69, 9.17) is 33.1 Å². The lowest BCUT2D eigenvalue weighted by Crippen LogP contribution is -2.50. The van der Waals surface area contributed by atoms with Gasteiger partial charge >= 0.3 is 18.2 Å². The number of alkyl halides is 3. The molecule has 0 aliphatic carbocycles. The first-order chi connectivity index (χ1) is 20.5. The van der Waals surface area contributed by atoms with E-state index >= 15 is 4.39 Å². The Labute approximate surface area is 262 Å². The number of anilines is 1. The number of piperidine rings is 1. The summed E-state index contributed by atoms with van der Waals surface area (Å²) in [6.07, 6.45) is -2.80. The fourth-order valence-electron chi connectivity index (χ4n) is 6.49. The van der Waals surface area contributed by atoms with Crippen LogP contribution in [0.2, 0.25) is 10.0 Å². The third kappa shape index (κ3) is 6.77. The summed E-state index contributed by atoms with van der Waals surface area (Å²) in [5, 5.41) is 17.1. The van der Waals surface area contributed by atoms with Crippen LogP contribution >= 0.6 is 23.2 Å².